The number of benzene rings is 1. The Morgan fingerprint density at radius 2 is 1.98 bits per heavy atom. The molecule has 2 aromatic rings. The molecule has 1 atom stereocenters. The Bertz CT molecular complexity index is 1340. The Hall–Kier alpha value is -3.41. The molecule has 2 aliphatic rings. The third kappa shape index (κ3) is 6.58. The van der Waals surface area contributed by atoms with Gasteiger partial charge in [-0.1, -0.05) is 11.6 Å². The van der Waals surface area contributed by atoms with Gasteiger partial charge >= 0.3 is 6.09 Å². The molecule has 1 aromatic carbocycles. The molecule has 0 unspecified atom stereocenters. The van der Waals surface area contributed by atoms with Crippen molar-refractivity contribution in [2.75, 3.05) is 58.4 Å². The summed E-state index contributed by atoms with van der Waals surface area (Å²) in [6.07, 6.45) is 0.899. The van der Waals surface area contributed by atoms with E-state index in [2.05, 4.69) is 10.2 Å². The molecule has 2 aliphatic heterocycles. The summed E-state index contributed by atoms with van der Waals surface area (Å²) in [4.78, 5) is 38.6. The molecule has 3 heterocycles. The fraction of sp³-hybridized carbons (Fsp3) is 0.517. The van der Waals surface area contributed by atoms with Gasteiger partial charge in [-0.05, 0) is 58.9 Å². The van der Waals surface area contributed by atoms with Crippen molar-refractivity contribution in [1.82, 2.24) is 20.2 Å². The lowest BCUT2D eigenvalue weighted by molar-refractivity contribution is -0.111. The number of hydrogen-bond acceptors (Lipinski definition) is 10. The third-order valence-electron chi connectivity index (χ3n) is 7.61. The number of likely N-dealkylation sites (tertiary alicyclic amines) is 1. The van der Waals surface area contributed by atoms with E-state index in [-0.39, 0.29) is 23.9 Å². The minimum absolute atomic E-state index is 0.0627. The zero-order valence-corrected chi connectivity index (χ0v) is 25.0. The van der Waals surface area contributed by atoms with Crippen LogP contribution < -0.4 is 20.7 Å². The van der Waals surface area contributed by atoms with Crippen LogP contribution in [0.25, 0.3) is 17.0 Å². The zero-order valence-electron chi connectivity index (χ0n) is 24.3. The van der Waals surface area contributed by atoms with E-state index < -0.39 is 6.10 Å². The van der Waals surface area contributed by atoms with E-state index >= 15 is 0 Å². The van der Waals surface area contributed by atoms with Gasteiger partial charge < -0.3 is 35.4 Å². The number of amides is 1. The van der Waals surface area contributed by atoms with E-state index in [1.807, 2.05) is 6.92 Å². The molecule has 1 amide bonds. The standard InChI is InChI=1S/C29H39ClN6O5/c1-17-25(24(18(2)31)19(3)37)33-26(22-11-21(7-8-23(22)30)41-13-20(38)12-32-4)34-27(17)36-15-29(16-36)9-6-10-35(14-29)28(39)40-5/h7-8,11,20,32,38H,6,9-10,12-16,31H2,1-5H3/t20-/m1/s1. The number of Topliss-reactive ketones (excluding diaryl/α,β-unsaturated/α-hetero) is 1. The normalized spacial score (nSPS) is 17.5. The van der Waals surface area contributed by atoms with Crippen LogP contribution >= 0.6 is 11.6 Å². The molecule has 1 aromatic heterocycles. The Balaban J connectivity index is 1.73. The highest BCUT2D eigenvalue weighted by molar-refractivity contribution is 6.33. The van der Waals surface area contributed by atoms with Crippen LogP contribution in [0.1, 0.15) is 37.9 Å². The second kappa shape index (κ2) is 12.6. The van der Waals surface area contributed by atoms with Crippen LogP contribution in [-0.4, -0.2) is 91.4 Å². The van der Waals surface area contributed by atoms with Gasteiger partial charge in [0, 0.05) is 55.0 Å². The summed E-state index contributed by atoms with van der Waals surface area (Å²) in [5.74, 6) is 1.30. The number of carbonyl (C=O) groups is 2. The molecule has 11 nitrogen and oxygen atoms in total. The minimum atomic E-state index is -0.683. The first-order valence-corrected chi connectivity index (χ1v) is 14.1. The number of aliphatic hydroxyl groups is 1. The van der Waals surface area contributed by atoms with Crippen LogP contribution in [0.4, 0.5) is 10.6 Å². The zero-order chi connectivity index (χ0) is 29.9. The van der Waals surface area contributed by atoms with Gasteiger partial charge in [0.1, 0.15) is 24.3 Å². The molecule has 0 aliphatic carbocycles. The molecule has 2 fully saturated rings. The molecular formula is C29H39ClN6O5. The van der Waals surface area contributed by atoms with Crippen molar-refractivity contribution in [1.29, 1.82) is 0 Å². The smallest absolute Gasteiger partial charge is 0.409 e. The number of methoxy groups -OCH3 is 1. The number of nitrogens with one attached hydrogen (secondary N) is 1. The topological polar surface area (TPSA) is 143 Å². The number of ketones is 1. The number of hydrogen-bond donors (Lipinski definition) is 3. The maximum Gasteiger partial charge on any atom is 0.409 e. The fourth-order valence-corrected chi connectivity index (χ4v) is 5.93. The molecular weight excluding hydrogens is 548 g/mol. The predicted molar refractivity (Wildman–Crippen MR) is 158 cm³/mol. The summed E-state index contributed by atoms with van der Waals surface area (Å²) in [5, 5.41) is 13.4. The van der Waals surface area contributed by atoms with Gasteiger partial charge in [-0.25, -0.2) is 14.8 Å². The highest BCUT2D eigenvalue weighted by atomic mass is 35.5. The number of ether oxygens (including phenoxy) is 2. The maximum atomic E-state index is 12.7. The number of piperidine rings is 1. The van der Waals surface area contributed by atoms with E-state index in [9.17, 15) is 14.7 Å². The molecule has 4 N–H and O–H groups in total. The number of anilines is 1. The van der Waals surface area contributed by atoms with Crippen molar-refractivity contribution in [3.05, 3.63) is 40.2 Å². The van der Waals surface area contributed by atoms with Crippen LogP contribution in [0, 0.1) is 12.3 Å². The molecule has 0 saturated carbocycles. The monoisotopic (exact) mass is 586 g/mol. The molecule has 0 bridgehead atoms. The second-order valence-electron chi connectivity index (χ2n) is 11.0. The number of likely N-dealkylation sites (N-methyl/N-ethyl adjacent to an activating group) is 1. The van der Waals surface area contributed by atoms with Gasteiger partial charge in [0.15, 0.2) is 11.6 Å². The number of nitrogens with zero attached hydrogens (tertiary/aromatic N) is 4. The van der Waals surface area contributed by atoms with Crippen molar-refractivity contribution in [2.24, 2.45) is 11.1 Å². The van der Waals surface area contributed by atoms with Crippen LogP contribution in [0.15, 0.2) is 23.9 Å². The minimum Gasteiger partial charge on any atom is -0.491 e. The van der Waals surface area contributed by atoms with Crippen LogP contribution in [0.5, 0.6) is 5.75 Å². The predicted octanol–water partition coefficient (Wildman–Crippen LogP) is 3.01. The van der Waals surface area contributed by atoms with Gasteiger partial charge in [-0.15, -0.1) is 0 Å². The van der Waals surface area contributed by atoms with E-state index in [1.54, 1.807) is 37.1 Å². The lowest BCUT2D eigenvalue weighted by Crippen LogP contribution is -2.64. The number of nitrogens with two attached hydrogens (primary N) is 1. The first-order valence-electron chi connectivity index (χ1n) is 13.7. The molecule has 0 radical (unpaired) electrons. The summed E-state index contributed by atoms with van der Waals surface area (Å²) >= 11 is 6.63. The Labute approximate surface area is 245 Å². The third-order valence-corrected chi connectivity index (χ3v) is 7.94. The van der Waals surface area contributed by atoms with E-state index in [4.69, 9.17) is 36.8 Å². The Morgan fingerprint density at radius 3 is 2.61 bits per heavy atom. The molecule has 12 heteroatoms. The van der Waals surface area contributed by atoms with Crippen molar-refractivity contribution in [3.63, 3.8) is 0 Å². The number of aliphatic hydroxyl groups excluding tert-OH is 1. The fourth-order valence-electron chi connectivity index (χ4n) is 5.72. The number of allylic oxidation sites excluding steroid dienone is 2. The lowest BCUT2D eigenvalue weighted by atomic mass is 9.73. The Morgan fingerprint density at radius 1 is 1.24 bits per heavy atom. The number of halogens is 1. The van der Waals surface area contributed by atoms with E-state index in [0.29, 0.717) is 77.7 Å². The van der Waals surface area contributed by atoms with E-state index in [0.717, 1.165) is 18.4 Å². The molecule has 1 spiro atoms. The van der Waals surface area contributed by atoms with Crippen molar-refractivity contribution < 1.29 is 24.2 Å². The van der Waals surface area contributed by atoms with Crippen molar-refractivity contribution >= 4 is 34.9 Å². The highest BCUT2D eigenvalue weighted by Crippen LogP contribution is 2.43. The first kappa shape index (κ1) is 30.5. The van der Waals surface area contributed by atoms with E-state index in [1.165, 1.54) is 14.0 Å². The first-order chi connectivity index (χ1) is 19.5. The summed E-state index contributed by atoms with van der Waals surface area (Å²) in [6, 6.07) is 5.14. The van der Waals surface area contributed by atoms with Crippen LogP contribution in [0.3, 0.4) is 0 Å². The van der Waals surface area contributed by atoms with Crippen molar-refractivity contribution in [3.8, 4) is 17.1 Å². The van der Waals surface area contributed by atoms with Gasteiger partial charge in [0.2, 0.25) is 0 Å². The second-order valence-corrected chi connectivity index (χ2v) is 11.4. The van der Waals surface area contributed by atoms with Crippen LogP contribution in [-0.2, 0) is 9.53 Å². The quantitative estimate of drug-likeness (QED) is 0.375. The summed E-state index contributed by atoms with van der Waals surface area (Å²) in [5.41, 5.74) is 8.51. The SMILES string of the molecule is CNC[C@@H](O)COc1ccc(Cl)c(-c2nc(C(C(C)=O)=C(C)N)c(C)c(N3CC4(CCCN(C(=O)OC)C4)C3)n2)c1. The number of carbonyl (C=O) groups excluding carboxylic acids is 2. The van der Waals surface area contributed by atoms with Crippen LogP contribution in [0.2, 0.25) is 5.02 Å². The number of rotatable bonds is 9. The highest BCUT2D eigenvalue weighted by Gasteiger charge is 2.48. The van der Waals surface area contributed by atoms with Gasteiger partial charge in [0.05, 0.1) is 23.4 Å². The molecule has 4 rings (SSSR count). The van der Waals surface area contributed by atoms with Gasteiger partial charge in [-0.2, -0.15) is 0 Å². The summed E-state index contributed by atoms with van der Waals surface area (Å²) in [6.45, 7) is 8.19. The molecule has 222 valence electrons. The number of aromatic nitrogens is 2. The molecule has 2 saturated heterocycles. The average Bonchev–Trinajstić information content (AvgIpc) is 2.91. The lowest BCUT2D eigenvalue weighted by Gasteiger charge is -2.55. The largest absolute Gasteiger partial charge is 0.491 e. The average molecular weight is 587 g/mol. The summed E-state index contributed by atoms with van der Waals surface area (Å²) in [7, 11) is 3.16. The van der Waals surface area contributed by atoms with Gasteiger partial charge in [-0.3, -0.25) is 4.79 Å². The molecule has 41 heavy (non-hydrogen) atoms. The van der Waals surface area contributed by atoms with Crippen molar-refractivity contribution in [2.45, 2.75) is 39.7 Å². The summed E-state index contributed by atoms with van der Waals surface area (Å²) < 4.78 is 10.8. The Kier molecular flexibility index (Phi) is 9.41. The van der Waals surface area contributed by atoms with Gasteiger partial charge in [0.25, 0.3) is 0 Å². The maximum absolute atomic E-state index is 12.7.